The summed E-state index contributed by atoms with van der Waals surface area (Å²) < 4.78 is 41.6. The maximum absolute atomic E-state index is 13.3. The molecule has 10 heteroatoms. The van der Waals surface area contributed by atoms with Crippen LogP contribution < -0.4 is 10.6 Å². The first-order chi connectivity index (χ1) is 17.6. The number of carbonyl (C=O) groups is 1. The monoisotopic (exact) mass is 514 g/mol. The van der Waals surface area contributed by atoms with Crippen molar-refractivity contribution in [2.75, 3.05) is 31.5 Å². The Hall–Kier alpha value is -2.90. The third-order valence-corrected chi connectivity index (χ3v) is 8.56. The normalized spacial score (nSPS) is 25.1. The first-order valence-corrected chi connectivity index (χ1v) is 13.0. The van der Waals surface area contributed by atoms with E-state index in [4.69, 9.17) is 6.57 Å². The van der Waals surface area contributed by atoms with Gasteiger partial charge in [-0.25, -0.2) is 4.85 Å². The van der Waals surface area contributed by atoms with Gasteiger partial charge in [0, 0.05) is 17.9 Å². The summed E-state index contributed by atoms with van der Waals surface area (Å²) in [6.07, 6.45) is 3.73. The Balaban J connectivity index is 1.21. The Kier molecular flexibility index (Phi) is 6.79. The number of amides is 1. The van der Waals surface area contributed by atoms with Gasteiger partial charge in [-0.1, -0.05) is 6.07 Å². The summed E-state index contributed by atoms with van der Waals surface area (Å²) in [7, 11) is 0. The fourth-order valence-electron chi connectivity index (χ4n) is 6.21. The van der Waals surface area contributed by atoms with Crippen molar-refractivity contribution in [1.29, 1.82) is 0 Å². The van der Waals surface area contributed by atoms with E-state index in [0.29, 0.717) is 12.0 Å². The molecule has 2 N–H and O–H groups in total. The number of rotatable bonds is 5. The number of likely N-dealkylation sites (tertiary alicyclic amines) is 1. The van der Waals surface area contributed by atoms with E-state index in [0.717, 1.165) is 68.6 Å². The molecular formula is C27H33F3N6O. The summed E-state index contributed by atoms with van der Waals surface area (Å²) in [5.41, 5.74) is -1.60. The van der Waals surface area contributed by atoms with Gasteiger partial charge in [0.25, 0.3) is 5.91 Å². The Bertz CT molecular complexity index is 1180. The molecule has 3 fully saturated rings. The van der Waals surface area contributed by atoms with E-state index >= 15 is 0 Å². The average molecular weight is 515 g/mol. The first-order valence-electron chi connectivity index (χ1n) is 13.0. The molecule has 0 bridgehead atoms. The molecule has 37 heavy (non-hydrogen) atoms. The highest BCUT2D eigenvalue weighted by Gasteiger charge is 2.41. The molecule has 1 aromatic heterocycles. The maximum Gasteiger partial charge on any atom is 0.407 e. The summed E-state index contributed by atoms with van der Waals surface area (Å²) in [4.78, 5) is 18.7. The fourth-order valence-corrected chi connectivity index (χ4v) is 6.21. The highest BCUT2D eigenvalue weighted by Crippen LogP contribution is 2.40. The zero-order valence-electron chi connectivity index (χ0n) is 21.2. The Morgan fingerprint density at radius 3 is 2.46 bits per heavy atom. The van der Waals surface area contributed by atoms with Gasteiger partial charge >= 0.3 is 6.18 Å². The van der Waals surface area contributed by atoms with Crippen molar-refractivity contribution in [3.05, 3.63) is 53.1 Å². The van der Waals surface area contributed by atoms with Gasteiger partial charge in [-0.2, -0.15) is 18.3 Å². The van der Waals surface area contributed by atoms with Crippen LogP contribution in [0.1, 0.15) is 56.6 Å². The van der Waals surface area contributed by atoms with Gasteiger partial charge in [0.2, 0.25) is 0 Å². The molecule has 2 saturated heterocycles. The third kappa shape index (κ3) is 5.12. The van der Waals surface area contributed by atoms with Gasteiger partial charge < -0.3 is 15.5 Å². The molecule has 5 rings (SSSR count). The van der Waals surface area contributed by atoms with Crippen LogP contribution in [0.5, 0.6) is 0 Å². The van der Waals surface area contributed by atoms with Crippen molar-refractivity contribution < 1.29 is 18.0 Å². The lowest BCUT2D eigenvalue weighted by atomic mass is 9.90. The molecule has 0 spiro atoms. The van der Waals surface area contributed by atoms with Crippen LogP contribution in [0.4, 0.5) is 24.5 Å². The predicted molar refractivity (Wildman–Crippen MR) is 134 cm³/mol. The molecule has 3 heterocycles. The second-order valence-electron chi connectivity index (χ2n) is 11.2. The van der Waals surface area contributed by atoms with Gasteiger partial charge in [0.1, 0.15) is 5.54 Å². The zero-order valence-corrected chi connectivity index (χ0v) is 21.2. The van der Waals surface area contributed by atoms with Crippen LogP contribution in [-0.4, -0.2) is 52.8 Å². The van der Waals surface area contributed by atoms with E-state index in [9.17, 15) is 18.0 Å². The van der Waals surface area contributed by atoms with Gasteiger partial charge in [0.15, 0.2) is 5.69 Å². The summed E-state index contributed by atoms with van der Waals surface area (Å²) in [6.45, 7) is 14.8. The number of carbonyl (C=O) groups excluding carboxylic acids is 1. The van der Waals surface area contributed by atoms with Crippen molar-refractivity contribution in [3.63, 3.8) is 0 Å². The Labute approximate surface area is 215 Å². The molecule has 2 aromatic rings. The number of piperidine rings is 1. The molecule has 3 atom stereocenters. The number of hydrogen-bond acceptors (Lipinski definition) is 4. The smallest absolute Gasteiger partial charge is 0.324 e. The van der Waals surface area contributed by atoms with Crippen LogP contribution in [0.25, 0.3) is 4.85 Å². The third-order valence-electron chi connectivity index (χ3n) is 8.56. The van der Waals surface area contributed by atoms with Crippen molar-refractivity contribution in [1.82, 2.24) is 20.0 Å². The molecule has 0 radical (unpaired) electrons. The van der Waals surface area contributed by atoms with E-state index in [2.05, 4.69) is 25.5 Å². The topological polar surface area (TPSA) is 66.6 Å². The highest BCUT2D eigenvalue weighted by molar-refractivity contribution is 5.96. The number of anilines is 1. The number of aromatic nitrogens is 2. The maximum atomic E-state index is 13.3. The van der Waals surface area contributed by atoms with E-state index in [1.165, 1.54) is 18.9 Å². The SMILES string of the molecule is [C-]#[N+]c1ccc(NC(=O)C(C)(C)n2cc(C3CCN(C4C[C@H]5CNC[C@H]5C4)CC3)cn2)cc1C(F)(F)F. The van der Waals surface area contributed by atoms with Crippen LogP contribution in [0.2, 0.25) is 0 Å². The summed E-state index contributed by atoms with van der Waals surface area (Å²) >= 11 is 0. The van der Waals surface area contributed by atoms with Gasteiger partial charge in [-0.3, -0.25) is 9.48 Å². The number of benzene rings is 1. The largest absolute Gasteiger partial charge is 0.407 e. The minimum atomic E-state index is -4.68. The minimum absolute atomic E-state index is 0.00983. The number of nitrogens with one attached hydrogen (secondary N) is 2. The molecule has 1 aromatic carbocycles. The Morgan fingerprint density at radius 1 is 1.16 bits per heavy atom. The van der Waals surface area contributed by atoms with Gasteiger partial charge in [-0.05, 0) is 101 Å². The standard InChI is InChI=1S/C27H33F3N6O/c1-26(2,25(37)34-21-4-5-24(31-3)23(12-21)27(28,29)30)36-16-20(15-33-36)17-6-8-35(9-7-17)22-10-18-13-32-14-19(18)11-22/h4-5,12,15-19,22,32H,6-11,13-14H2,1-2H3,(H,34,37)/t18-,19+,22?. The molecule has 1 aliphatic carbocycles. The highest BCUT2D eigenvalue weighted by atomic mass is 19.4. The van der Waals surface area contributed by atoms with Crippen LogP contribution in [0.3, 0.4) is 0 Å². The zero-order chi connectivity index (χ0) is 26.4. The molecule has 1 unspecified atom stereocenters. The van der Waals surface area contributed by atoms with E-state index in [1.807, 2.05) is 12.4 Å². The molecule has 198 valence electrons. The number of alkyl halides is 3. The second kappa shape index (κ2) is 9.76. The number of halogens is 3. The van der Waals surface area contributed by atoms with E-state index in [-0.39, 0.29) is 5.69 Å². The van der Waals surface area contributed by atoms with E-state index < -0.39 is 28.9 Å². The number of nitrogens with zero attached hydrogens (tertiary/aromatic N) is 4. The van der Waals surface area contributed by atoms with Crippen LogP contribution in [-0.2, 0) is 16.5 Å². The van der Waals surface area contributed by atoms with Gasteiger partial charge in [-0.15, -0.1) is 0 Å². The predicted octanol–water partition coefficient (Wildman–Crippen LogP) is 5.00. The lowest BCUT2D eigenvalue weighted by molar-refractivity contribution is -0.136. The molecule has 7 nitrogen and oxygen atoms in total. The minimum Gasteiger partial charge on any atom is -0.324 e. The molecule has 1 amide bonds. The van der Waals surface area contributed by atoms with Crippen molar-refractivity contribution in [2.45, 2.75) is 63.2 Å². The quantitative estimate of drug-likeness (QED) is 0.551. The average Bonchev–Trinajstić information content (AvgIpc) is 3.60. The molecule has 2 aliphatic heterocycles. The van der Waals surface area contributed by atoms with Crippen molar-refractivity contribution in [2.24, 2.45) is 11.8 Å². The van der Waals surface area contributed by atoms with E-state index in [1.54, 1.807) is 18.5 Å². The summed E-state index contributed by atoms with van der Waals surface area (Å²) in [5.74, 6) is 1.56. The fraction of sp³-hybridized carbons (Fsp3) is 0.593. The van der Waals surface area contributed by atoms with Crippen LogP contribution >= 0.6 is 0 Å². The van der Waals surface area contributed by atoms with Crippen LogP contribution in [0.15, 0.2) is 30.6 Å². The summed E-state index contributed by atoms with van der Waals surface area (Å²) in [5, 5.41) is 10.5. The number of fused-ring (bicyclic) bond motifs is 1. The Morgan fingerprint density at radius 2 is 1.84 bits per heavy atom. The lowest BCUT2D eigenvalue weighted by Crippen LogP contribution is -2.41. The lowest BCUT2D eigenvalue weighted by Gasteiger charge is -2.36. The van der Waals surface area contributed by atoms with Gasteiger partial charge in [0.05, 0.1) is 18.3 Å². The molecule has 1 saturated carbocycles. The molecular weight excluding hydrogens is 481 g/mol. The first kappa shape index (κ1) is 25.7. The molecule has 3 aliphatic rings. The van der Waals surface area contributed by atoms with Crippen LogP contribution in [0, 0.1) is 18.4 Å². The van der Waals surface area contributed by atoms with Crippen molar-refractivity contribution >= 4 is 17.3 Å². The van der Waals surface area contributed by atoms with Crippen molar-refractivity contribution in [3.8, 4) is 0 Å². The second-order valence-corrected chi connectivity index (χ2v) is 11.2. The number of hydrogen-bond donors (Lipinski definition) is 2. The summed E-state index contributed by atoms with van der Waals surface area (Å²) in [6, 6.07) is 3.89.